The van der Waals surface area contributed by atoms with Crippen molar-refractivity contribution >= 4 is 23.5 Å². The number of fused-ring (bicyclic) bond motifs is 1. The molecule has 0 spiro atoms. The van der Waals surface area contributed by atoms with E-state index >= 15 is 0 Å². The first kappa shape index (κ1) is 22.7. The molecule has 0 radical (unpaired) electrons. The van der Waals surface area contributed by atoms with Gasteiger partial charge >= 0.3 is 5.97 Å². The molecule has 1 aliphatic heterocycles. The molecule has 1 aromatic heterocycles. The van der Waals surface area contributed by atoms with Crippen molar-refractivity contribution in [3.05, 3.63) is 88.2 Å². The number of rotatable bonds is 6. The highest BCUT2D eigenvalue weighted by atomic mass is 35.5. The predicted molar refractivity (Wildman–Crippen MR) is 128 cm³/mol. The number of aromatic carboxylic acids is 1. The lowest BCUT2D eigenvalue weighted by atomic mass is 9.95. The van der Waals surface area contributed by atoms with E-state index in [-0.39, 0.29) is 11.5 Å². The second-order valence-corrected chi connectivity index (χ2v) is 8.52. The molecule has 6 nitrogen and oxygen atoms in total. The average Bonchev–Trinajstić information content (AvgIpc) is 3.11. The van der Waals surface area contributed by atoms with Crippen molar-refractivity contribution < 1.29 is 19.4 Å². The van der Waals surface area contributed by atoms with Crippen molar-refractivity contribution in [2.75, 3.05) is 13.2 Å². The van der Waals surface area contributed by atoms with Gasteiger partial charge in [-0.2, -0.15) is 0 Å². The second-order valence-electron chi connectivity index (χ2n) is 8.08. The van der Waals surface area contributed by atoms with Crippen LogP contribution in [-0.4, -0.2) is 39.6 Å². The van der Waals surface area contributed by atoms with Crippen molar-refractivity contribution in [2.45, 2.75) is 19.9 Å². The molecular weight excluding hydrogens is 440 g/mol. The number of carboxylic acids is 1. The number of carbonyl (C=O) groups excluding carboxylic acids is 1. The zero-order valence-corrected chi connectivity index (χ0v) is 19.4. The molecule has 2 aromatic carbocycles. The fourth-order valence-electron chi connectivity index (χ4n) is 4.33. The van der Waals surface area contributed by atoms with Crippen LogP contribution in [0.5, 0.6) is 5.75 Å². The number of halogens is 1. The molecule has 1 amide bonds. The van der Waals surface area contributed by atoms with Gasteiger partial charge in [0.15, 0.2) is 0 Å². The average molecular weight is 465 g/mol. The van der Waals surface area contributed by atoms with Gasteiger partial charge in [0.25, 0.3) is 5.91 Å². The first-order chi connectivity index (χ1) is 15.8. The number of hydrogen-bond acceptors (Lipinski definition) is 3. The van der Waals surface area contributed by atoms with E-state index in [0.717, 1.165) is 16.9 Å². The van der Waals surface area contributed by atoms with Crippen LogP contribution in [0.25, 0.3) is 11.1 Å². The lowest BCUT2D eigenvalue weighted by Gasteiger charge is -2.30. The molecule has 170 valence electrons. The number of benzene rings is 2. The number of aromatic nitrogens is 1. The highest BCUT2D eigenvalue weighted by Gasteiger charge is 2.28. The van der Waals surface area contributed by atoms with Crippen LogP contribution in [0.3, 0.4) is 0 Å². The van der Waals surface area contributed by atoms with Gasteiger partial charge in [0.05, 0.1) is 5.56 Å². The van der Waals surface area contributed by atoms with Gasteiger partial charge in [-0.05, 0) is 48.7 Å². The molecule has 7 heteroatoms. The summed E-state index contributed by atoms with van der Waals surface area (Å²) in [4.78, 5) is 27.4. The minimum Gasteiger partial charge on any atom is -0.489 e. The summed E-state index contributed by atoms with van der Waals surface area (Å²) in [5.41, 5.74) is 4.33. The molecule has 0 saturated heterocycles. The maximum atomic E-state index is 13.6. The van der Waals surface area contributed by atoms with Crippen LogP contribution >= 0.6 is 11.6 Å². The van der Waals surface area contributed by atoms with Crippen molar-refractivity contribution in [1.29, 1.82) is 0 Å². The molecule has 0 aliphatic carbocycles. The monoisotopic (exact) mass is 464 g/mol. The predicted octanol–water partition coefficient (Wildman–Crippen LogP) is 5.12. The number of aryl methyl sites for hydroxylation is 1. The van der Waals surface area contributed by atoms with E-state index in [9.17, 15) is 14.7 Å². The summed E-state index contributed by atoms with van der Waals surface area (Å²) in [6.45, 7) is 6.84. The number of amides is 1. The Morgan fingerprint density at radius 3 is 2.76 bits per heavy atom. The molecule has 3 aromatic rings. The Balaban J connectivity index is 1.71. The van der Waals surface area contributed by atoms with Gasteiger partial charge in [-0.3, -0.25) is 4.79 Å². The maximum absolute atomic E-state index is 13.6. The third-order valence-electron chi connectivity index (χ3n) is 6.07. The van der Waals surface area contributed by atoms with Gasteiger partial charge in [-0.25, -0.2) is 4.79 Å². The van der Waals surface area contributed by atoms with E-state index in [4.69, 9.17) is 16.3 Å². The number of carbonyl (C=O) groups is 2. The first-order valence-electron chi connectivity index (χ1n) is 10.6. The summed E-state index contributed by atoms with van der Waals surface area (Å²) in [6.07, 6.45) is 4.11. The zero-order chi connectivity index (χ0) is 23.7. The summed E-state index contributed by atoms with van der Waals surface area (Å²) < 4.78 is 7.52. The van der Waals surface area contributed by atoms with Crippen LogP contribution in [0.2, 0.25) is 5.02 Å². The first-order valence-corrected chi connectivity index (χ1v) is 11.0. The van der Waals surface area contributed by atoms with E-state index in [1.807, 2.05) is 18.2 Å². The Bertz CT molecular complexity index is 1260. The van der Waals surface area contributed by atoms with Crippen molar-refractivity contribution in [3.63, 3.8) is 0 Å². The molecule has 0 saturated carbocycles. The van der Waals surface area contributed by atoms with Gasteiger partial charge in [-0.1, -0.05) is 36.4 Å². The molecule has 4 rings (SSSR count). The molecule has 0 bridgehead atoms. The van der Waals surface area contributed by atoms with Crippen LogP contribution in [0.15, 0.2) is 55.3 Å². The minimum absolute atomic E-state index is 0.164. The van der Waals surface area contributed by atoms with Gasteiger partial charge in [-0.15, -0.1) is 0 Å². The fraction of sp³-hybridized carbons (Fsp3) is 0.231. The molecule has 0 unspecified atom stereocenters. The Kier molecular flexibility index (Phi) is 6.29. The maximum Gasteiger partial charge on any atom is 0.338 e. The smallest absolute Gasteiger partial charge is 0.338 e. The van der Waals surface area contributed by atoms with E-state index in [0.29, 0.717) is 53.5 Å². The van der Waals surface area contributed by atoms with Crippen molar-refractivity contribution in [2.24, 2.45) is 7.05 Å². The summed E-state index contributed by atoms with van der Waals surface area (Å²) in [5, 5.41) is 10.2. The Morgan fingerprint density at radius 2 is 2.03 bits per heavy atom. The van der Waals surface area contributed by atoms with E-state index in [2.05, 4.69) is 6.58 Å². The second kappa shape index (κ2) is 9.16. The van der Waals surface area contributed by atoms with Crippen LogP contribution in [-0.2, 0) is 20.0 Å². The Morgan fingerprint density at radius 1 is 1.24 bits per heavy atom. The molecule has 1 aliphatic rings. The molecular formula is C26H25ClN2O4. The molecule has 0 fully saturated rings. The van der Waals surface area contributed by atoms with E-state index in [1.165, 1.54) is 0 Å². The summed E-state index contributed by atoms with van der Waals surface area (Å²) in [6, 6.07) is 10.9. The fourth-order valence-corrected chi connectivity index (χ4v) is 4.50. The Labute approximate surface area is 197 Å². The lowest BCUT2D eigenvalue weighted by Crippen LogP contribution is -2.36. The van der Waals surface area contributed by atoms with Gasteiger partial charge in [0, 0.05) is 53.7 Å². The van der Waals surface area contributed by atoms with Gasteiger partial charge in [0.2, 0.25) is 0 Å². The SMILES string of the molecule is C=CCOc1cccc2c1CCN(C(=O)c1ccc(Cl)cc1-c1cn(C)c(C)c1C(=O)O)C2. The summed E-state index contributed by atoms with van der Waals surface area (Å²) >= 11 is 6.26. The third-order valence-corrected chi connectivity index (χ3v) is 6.30. The van der Waals surface area contributed by atoms with Crippen molar-refractivity contribution in [3.8, 4) is 16.9 Å². The molecule has 1 N–H and O–H groups in total. The number of nitrogens with zero attached hydrogens (tertiary/aromatic N) is 2. The molecule has 0 atom stereocenters. The summed E-state index contributed by atoms with van der Waals surface area (Å²) in [5.74, 6) is -0.388. The van der Waals surface area contributed by atoms with Gasteiger partial charge in [0.1, 0.15) is 12.4 Å². The zero-order valence-electron chi connectivity index (χ0n) is 18.6. The Hall–Kier alpha value is -3.51. The quantitative estimate of drug-likeness (QED) is 0.514. The number of ether oxygens (including phenoxy) is 1. The minimum atomic E-state index is -1.04. The topological polar surface area (TPSA) is 71.8 Å². The van der Waals surface area contributed by atoms with Crippen LogP contribution in [0.4, 0.5) is 0 Å². The summed E-state index contributed by atoms with van der Waals surface area (Å²) in [7, 11) is 1.78. The molecule has 33 heavy (non-hydrogen) atoms. The van der Waals surface area contributed by atoms with E-state index in [1.54, 1.807) is 53.9 Å². The van der Waals surface area contributed by atoms with E-state index < -0.39 is 5.97 Å². The van der Waals surface area contributed by atoms with Crippen LogP contribution < -0.4 is 4.74 Å². The standard InChI is InChI=1S/C26H25ClN2O4/c1-4-12-33-23-7-5-6-17-14-29(11-10-19(17)23)25(30)20-9-8-18(27)13-21(20)22-15-28(3)16(2)24(22)26(31)32/h4-9,13,15H,1,10-12,14H2,2-3H3,(H,31,32). The molecule has 2 heterocycles. The highest BCUT2D eigenvalue weighted by Crippen LogP contribution is 2.35. The van der Waals surface area contributed by atoms with Crippen molar-refractivity contribution in [1.82, 2.24) is 9.47 Å². The largest absolute Gasteiger partial charge is 0.489 e. The lowest BCUT2D eigenvalue weighted by molar-refractivity contribution is 0.0693. The highest BCUT2D eigenvalue weighted by molar-refractivity contribution is 6.31. The van der Waals surface area contributed by atoms with Crippen LogP contribution in [0.1, 0.15) is 37.5 Å². The normalized spacial score (nSPS) is 12.9. The third kappa shape index (κ3) is 4.26. The number of hydrogen-bond donors (Lipinski definition) is 1. The van der Waals surface area contributed by atoms with Crippen LogP contribution in [0, 0.1) is 6.92 Å². The number of carboxylic acid groups (broad SMARTS) is 1. The van der Waals surface area contributed by atoms with Gasteiger partial charge < -0.3 is 19.3 Å².